The zero-order valence-corrected chi connectivity index (χ0v) is 20.3. The third kappa shape index (κ3) is 6.42. The molecule has 3 aromatic rings. The van der Waals surface area contributed by atoms with Gasteiger partial charge in [-0.2, -0.15) is 0 Å². The van der Waals surface area contributed by atoms with E-state index in [4.69, 9.17) is 9.47 Å². The topological polar surface area (TPSA) is 90.0 Å². The summed E-state index contributed by atoms with van der Waals surface area (Å²) in [6.45, 7) is 0.264. The van der Waals surface area contributed by atoms with Gasteiger partial charge in [-0.3, -0.25) is 14.4 Å². The maximum absolute atomic E-state index is 12.5. The molecule has 35 heavy (non-hydrogen) atoms. The van der Waals surface area contributed by atoms with Crippen LogP contribution in [0.15, 0.2) is 83.3 Å². The number of amides is 1. The van der Waals surface area contributed by atoms with E-state index in [2.05, 4.69) is 15.9 Å². The normalized spacial score (nSPS) is 15.1. The molecule has 0 N–H and O–H groups in total. The number of carbonyl (C=O) groups is 4. The fraction of sp³-hybridized carbons (Fsp3) is 0.185. The predicted octanol–water partition coefficient (Wildman–Crippen LogP) is 4.44. The van der Waals surface area contributed by atoms with Crippen LogP contribution in [-0.2, 0) is 20.9 Å². The molecule has 1 aliphatic rings. The number of esters is 2. The third-order valence-corrected chi connectivity index (χ3v) is 6.11. The summed E-state index contributed by atoms with van der Waals surface area (Å²) in [6, 6.07) is 22.3. The van der Waals surface area contributed by atoms with Crippen LogP contribution in [0, 0.1) is 5.92 Å². The third-order valence-electron chi connectivity index (χ3n) is 5.58. The van der Waals surface area contributed by atoms with Crippen LogP contribution >= 0.6 is 15.9 Å². The maximum Gasteiger partial charge on any atom is 0.343 e. The zero-order chi connectivity index (χ0) is 24.8. The molecule has 1 saturated heterocycles. The Morgan fingerprint density at radius 2 is 1.54 bits per heavy atom. The van der Waals surface area contributed by atoms with Crippen LogP contribution in [0.5, 0.6) is 5.75 Å². The summed E-state index contributed by atoms with van der Waals surface area (Å²) in [7, 11) is 0. The van der Waals surface area contributed by atoms with Crippen molar-refractivity contribution in [2.24, 2.45) is 5.92 Å². The average molecular weight is 536 g/mol. The van der Waals surface area contributed by atoms with Gasteiger partial charge in [0, 0.05) is 29.5 Å². The van der Waals surface area contributed by atoms with Crippen molar-refractivity contribution < 1.29 is 28.7 Å². The van der Waals surface area contributed by atoms with Crippen LogP contribution in [0.4, 0.5) is 0 Å². The van der Waals surface area contributed by atoms with Gasteiger partial charge in [0.25, 0.3) is 0 Å². The van der Waals surface area contributed by atoms with Crippen LogP contribution in [-0.4, -0.2) is 41.7 Å². The Bertz CT molecular complexity index is 1220. The standard InChI is InChI=1S/C27H22BrNO6/c28-22-10-6-20(7-11-22)27(33)35-23-12-8-19(9-13-23)24(30)17-34-26(32)21-14-25(31)29(16-21)15-18-4-2-1-3-5-18/h1-13,21H,14-17H2. The van der Waals surface area contributed by atoms with Crippen molar-refractivity contribution in [2.45, 2.75) is 13.0 Å². The number of benzene rings is 3. The van der Waals surface area contributed by atoms with E-state index in [0.29, 0.717) is 17.7 Å². The number of nitrogens with zero attached hydrogens (tertiary/aromatic N) is 1. The van der Waals surface area contributed by atoms with E-state index >= 15 is 0 Å². The molecule has 1 atom stereocenters. The first kappa shape index (κ1) is 24.3. The minimum Gasteiger partial charge on any atom is -0.457 e. The number of carbonyl (C=O) groups excluding carboxylic acids is 4. The van der Waals surface area contributed by atoms with Gasteiger partial charge in [0.15, 0.2) is 12.4 Å². The Labute approximate surface area is 210 Å². The van der Waals surface area contributed by atoms with E-state index in [0.717, 1.165) is 10.0 Å². The lowest BCUT2D eigenvalue weighted by molar-refractivity contribution is -0.147. The molecule has 0 saturated carbocycles. The molecule has 3 aromatic carbocycles. The first-order valence-corrected chi connectivity index (χ1v) is 11.8. The van der Waals surface area contributed by atoms with E-state index in [1.807, 2.05) is 30.3 Å². The van der Waals surface area contributed by atoms with Gasteiger partial charge in [0.2, 0.25) is 5.91 Å². The molecule has 1 unspecified atom stereocenters. The van der Waals surface area contributed by atoms with Gasteiger partial charge in [-0.05, 0) is 54.1 Å². The van der Waals surface area contributed by atoms with Crippen LogP contribution < -0.4 is 4.74 Å². The maximum atomic E-state index is 12.5. The van der Waals surface area contributed by atoms with Gasteiger partial charge >= 0.3 is 11.9 Å². The number of hydrogen-bond donors (Lipinski definition) is 0. The van der Waals surface area contributed by atoms with E-state index < -0.39 is 30.2 Å². The Kier molecular flexibility index (Phi) is 7.72. The molecule has 1 heterocycles. The van der Waals surface area contributed by atoms with Gasteiger partial charge in [0.1, 0.15) is 5.75 Å². The van der Waals surface area contributed by atoms with Crippen LogP contribution in [0.2, 0.25) is 0 Å². The summed E-state index contributed by atoms with van der Waals surface area (Å²) < 4.78 is 11.4. The minimum atomic E-state index is -0.598. The van der Waals surface area contributed by atoms with E-state index in [1.54, 1.807) is 29.2 Å². The van der Waals surface area contributed by atoms with Gasteiger partial charge in [0.05, 0.1) is 11.5 Å². The molecule has 0 spiro atoms. The quantitative estimate of drug-likeness (QED) is 0.240. The highest BCUT2D eigenvalue weighted by atomic mass is 79.9. The summed E-state index contributed by atoms with van der Waals surface area (Å²) in [4.78, 5) is 51.0. The van der Waals surface area contributed by atoms with E-state index in [-0.39, 0.29) is 24.6 Å². The molecule has 1 amide bonds. The smallest absolute Gasteiger partial charge is 0.343 e. The van der Waals surface area contributed by atoms with Crippen LogP contribution in [0.25, 0.3) is 0 Å². The molecule has 4 rings (SSSR count). The summed E-state index contributed by atoms with van der Waals surface area (Å²) in [6.07, 6.45) is 0.0677. The van der Waals surface area contributed by atoms with Crippen molar-refractivity contribution in [3.63, 3.8) is 0 Å². The molecule has 0 bridgehead atoms. The SMILES string of the molecule is O=C(COC(=O)C1CC(=O)N(Cc2ccccc2)C1)c1ccc(OC(=O)c2ccc(Br)cc2)cc1. The highest BCUT2D eigenvalue weighted by Gasteiger charge is 2.35. The van der Waals surface area contributed by atoms with Crippen LogP contribution in [0.1, 0.15) is 32.7 Å². The Hall–Kier alpha value is -3.78. The molecule has 1 aliphatic heterocycles. The molecular formula is C27H22BrNO6. The molecule has 1 fully saturated rings. The number of rotatable bonds is 8. The second-order valence-corrected chi connectivity index (χ2v) is 9.03. The van der Waals surface area contributed by atoms with Gasteiger partial charge in [-0.1, -0.05) is 46.3 Å². The number of halogens is 1. The number of likely N-dealkylation sites (tertiary alicyclic amines) is 1. The van der Waals surface area contributed by atoms with Crippen molar-refractivity contribution in [2.75, 3.05) is 13.2 Å². The Balaban J connectivity index is 1.26. The molecule has 8 heteroatoms. The molecule has 7 nitrogen and oxygen atoms in total. The average Bonchev–Trinajstić information content (AvgIpc) is 3.23. The summed E-state index contributed by atoms with van der Waals surface area (Å²) in [5.41, 5.74) is 1.69. The van der Waals surface area contributed by atoms with E-state index in [9.17, 15) is 19.2 Å². The summed E-state index contributed by atoms with van der Waals surface area (Å²) >= 11 is 3.31. The fourth-order valence-corrected chi connectivity index (χ4v) is 3.95. The highest BCUT2D eigenvalue weighted by Crippen LogP contribution is 2.22. The van der Waals surface area contributed by atoms with Gasteiger partial charge in [-0.15, -0.1) is 0 Å². The highest BCUT2D eigenvalue weighted by molar-refractivity contribution is 9.10. The Morgan fingerprint density at radius 3 is 2.23 bits per heavy atom. The Morgan fingerprint density at radius 1 is 0.886 bits per heavy atom. The monoisotopic (exact) mass is 535 g/mol. The lowest BCUT2D eigenvalue weighted by Crippen LogP contribution is -2.27. The summed E-state index contributed by atoms with van der Waals surface area (Å²) in [5, 5.41) is 0. The summed E-state index contributed by atoms with van der Waals surface area (Å²) in [5.74, 6) is -1.90. The molecule has 178 valence electrons. The largest absolute Gasteiger partial charge is 0.457 e. The molecule has 0 radical (unpaired) electrons. The zero-order valence-electron chi connectivity index (χ0n) is 18.7. The van der Waals surface area contributed by atoms with Crippen molar-refractivity contribution in [1.82, 2.24) is 4.90 Å². The molecular weight excluding hydrogens is 514 g/mol. The van der Waals surface area contributed by atoms with Crippen molar-refractivity contribution in [1.29, 1.82) is 0 Å². The van der Waals surface area contributed by atoms with Gasteiger partial charge in [-0.25, -0.2) is 4.79 Å². The fourth-order valence-electron chi connectivity index (χ4n) is 3.69. The number of Topliss-reactive ketones (excluding diaryl/α,β-unsaturated/α-hetero) is 1. The molecule has 0 aromatic heterocycles. The van der Waals surface area contributed by atoms with Crippen molar-refractivity contribution in [3.8, 4) is 5.75 Å². The minimum absolute atomic E-state index is 0.0677. The number of hydrogen-bond acceptors (Lipinski definition) is 6. The predicted molar refractivity (Wildman–Crippen MR) is 131 cm³/mol. The first-order valence-electron chi connectivity index (χ1n) is 11.0. The van der Waals surface area contributed by atoms with E-state index in [1.165, 1.54) is 24.3 Å². The van der Waals surface area contributed by atoms with Crippen molar-refractivity contribution in [3.05, 3.63) is 100 Å². The second kappa shape index (κ2) is 11.1. The number of ether oxygens (including phenoxy) is 2. The lowest BCUT2D eigenvalue weighted by atomic mass is 10.1. The van der Waals surface area contributed by atoms with Gasteiger partial charge < -0.3 is 14.4 Å². The molecule has 0 aliphatic carbocycles. The van der Waals surface area contributed by atoms with Crippen LogP contribution in [0.3, 0.4) is 0 Å². The first-order chi connectivity index (χ1) is 16.9. The lowest BCUT2D eigenvalue weighted by Gasteiger charge is -2.16. The second-order valence-electron chi connectivity index (χ2n) is 8.11. The number of ketones is 1. The van der Waals surface area contributed by atoms with Crippen molar-refractivity contribution >= 4 is 39.6 Å².